The molecule has 0 spiro atoms. The molecule has 9 nitrogen and oxygen atoms in total. The number of ether oxygens (including phenoxy) is 1. The minimum absolute atomic E-state index is 0.0700. The lowest BCUT2D eigenvalue weighted by Gasteiger charge is -2.30. The molecule has 32 heavy (non-hydrogen) atoms. The smallest absolute Gasteiger partial charge is 0.407 e. The summed E-state index contributed by atoms with van der Waals surface area (Å²) in [4.78, 5) is 23.5. The van der Waals surface area contributed by atoms with E-state index in [0.717, 1.165) is 17.7 Å². The number of likely N-dealkylation sites (tertiary alicyclic amines) is 1. The molecule has 172 valence electrons. The Balaban J connectivity index is 1.48. The summed E-state index contributed by atoms with van der Waals surface area (Å²) < 4.78 is 31.2. The van der Waals surface area contributed by atoms with Gasteiger partial charge in [0.05, 0.1) is 10.6 Å². The van der Waals surface area contributed by atoms with Crippen molar-refractivity contribution in [3.8, 4) is 5.88 Å². The molecule has 1 aromatic carbocycles. The van der Waals surface area contributed by atoms with Crippen LogP contribution < -0.4 is 9.64 Å². The van der Waals surface area contributed by atoms with E-state index in [0.29, 0.717) is 49.1 Å². The summed E-state index contributed by atoms with van der Waals surface area (Å²) in [5.41, 5.74) is 1.92. The zero-order chi connectivity index (χ0) is 22.9. The third-order valence-corrected chi connectivity index (χ3v) is 7.84. The normalized spacial score (nSPS) is 17.0. The molecule has 0 aliphatic carbocycles. The van der Waals surface area contributed by atoms with Gasteiger partial charge in [0.15, 0.2) is 9.84 Å². The number of hydrogen-bond donors (Lipinski definition) is 1. The predicted molar refractivity (Wildman–Crippen MR) is 119 cm³/mol. The molecule has 1 aromatic heterocycles. The van der Waals surface area contributed by atoms with Gasteiger partial charge in [-0.25, -0.2) is 23.2 Å². The molecule has 1 N–H and O–H groups in total. The van der Waals surface area contributed by atoms with E-state index >= 15 is 0 Å². The second-order valence-corrected chi connectivity index (χ2v) is 10.7. The van der Waals surface area contributed by atoms with Crippen molar-refractivity contribution in [1.82, 2.24) is 14.9 Å². The lowest BCUT2D eigenvalue weighted by Crippen LogP contribution is -2.41. The Morgan fingerprint density at radius 3 is 2.62 bits per heavy atom. The lowest BCUT2D eigenvalue weighted by molar-refractivity contribution is 0.0870. The number of piperidine rings is 1. The molecule has 2 aliphatic heterocycles. The van der Waals surface area contributed by atoms with Crippen LogP contribution >= 0.6 is 0 Å². The summed E-state index contributed by atoms with van der Waals surface area (Å²) in [5.74, 6) is 1.34. The zero-order valence-corrected chi connectivity index (χ0v) is 19.1. The first-order valence-electron chi connectivity index (χ1n) is 10.8. The largest absolute Gasteiger partial charge is 0.474 e. The Kier molecular flexibility index (Phi) is 6.23. The lowest BCUT2D eigenvalue weighted by atomic mass is 10.1. The summed E-state index contributed by atoms with van der Waals surface area (Å²) in [5, 5.41) is 9.08. The molecular formula is C22H28N4O5S. The van der Waals surface area contributed by atoms with Gasteiger partial charge < -0.3 is 19.6 Å². The van der Waals surface area contributed by atoms with E-state index in [1.165, 1.54) is 11.2 Å². The SMILES string of the molecule is CC(C)CS(=O)(=O)c1ccc2c(c1)CCN2c1cc(OC2CCN(C(=O)O)CC2)ncn1. The van der Waals surface area contributed by atoms with Crippen LogP contribution in [0.1, 0.15) is 32.3 Å². The first kappa shape index (κ1) is 22.3. The maximum atomic E-state index is 12.6. The van der Waals surface area contributed by atoms with Crippen molar-refractivity contribution in [2.45, 2.75) is 44.1 Å². The van der Waals surface area contributed by atoms with E-state index in [1.807, 2.05) is 24.8 Å². The summed E-state index contributed by atoms with van der Waals surface area (Å²) in [6.45, 7) is 5.38. The molecule has 2 aliphatic rings. The van der Waals surface area contributed by atoms with Gasteiger partial charge in [-0.05, 0) is 36.1 Å². The number of amides is 1. The molecule has 0 saturated carbocycles. The van der Waals surface area contributed by atoms with Crippen molar-refractivity contribution >= 4 is 27.4 Å². The maximum absolute atomic E-state index is 12.6. The van der Waals surface area contributed by atoms with Gasteiger partial charge in [-0.15, -0.1) is 0 Å². The third kappa shape index (κ3) is 4.79. The van der Waals surface area contributed by atoms with E-state index in [2.05, 4.69) is 9.97 Å². The minimum Gasteiger partial charge on any atom is -0.474 e. The summed E-state index contributed by atoms with van der Waals surface area (Å²) >= 11 is 0. The number of anilines is 2. The summed E-state index contributed by atoms with van der Waals surface area (Å²) in [6, 6.07) is 7.08. The number of aromatic nitrogens is 2. The van der Waals surface area contributed by atoms with E-state index < -0.39 is 15.9 Å². The maximum Gasteiger partial charge on any atom is 0.407 e. The van der Waals surface area contributed by atoms with Crippen molar-refractivity contribution in [2.75, 3.05) is 30.3 Å². The van der Waals surface area contributed by atoms with Gasteiger partial charge in [0.25, 0.3) is 0 Å². The van der Waals surface area contributed by atoms with Crippen LogP contribution in [0.25, 0.3) is 0 Å². The summed E-state index contributed by atoms with van der Waals surface area (Å²) in [7, 11) is -3.30. The minimum atomic E-state index is -3.30. The molecule has 0 unspecified atom stereocenters. The van der Waals surface area contributed by atoms with Crippen LogP contribution in [0.2, 0.25) is 0 Å². The van der Waals surface area contributed by atoms with Crippen molar-refractivity contribution in [2.24, 2.45) is 5.92 Å². The molecule has 1 saturated heterocycles. The fraction of sp³-hybridized carbons (Fsp3) is 0.500. The highest BCUT2D eigenvalue weighted by molar-refractivity contribution is 7.91. The summed E-state index contributed by atoms with van der Waals surface area (Å²) in [6.07, 6.45) is 2.43. The first-order chi connectivity index (χ1) is 15.2. The molecule has 2 aromatic rings. The number of benzene rings is 1. The second kappa shape index (κ2) is 8.93. The van der Waals surface area contributed by atoms with E-state index in [9.17, 15) is 13.2 Å². The number of hydrogen-bond acceptors (Lipinski definition) is 7. The van der Waals surface area contributed by atoms with Gasteiger partial charge in [0.1, 0.15) is 18.2 Å². The Hall–Kier alpha value is -2.88. The number of carboxylic acid groups (broad SMARTS) is 1. The van der Waals surface area contributed by atoms with Crippen LogP contribution in [-0.2, 0) is 16.3 Å². The van der Waals surface area contributed by atoms with E-state index in [1.54, 1.807) is 18.2 Å². The number of carbonyl (C=O) groups is 1. The van der Waals surface area contributed by atoms with Gasteiger partial charge in [0, 0.05) is 44.2 Å². The van der Waals surface area contributed by atoms with Crippen LogP contribution in [0, 0.1) is 5.92 Å². The average Bonchev–Trinajstić information content (AvgIpc) is 3.17. The third-order valence-electron chi connectivity index (χ3n) is 5.76. The van der Waals surface area contributed by atoms with Crippen LogP contribution in [-0.4, -0.2) is 66.0 Å². The Bertz CT molecular complexity index is 1100. The van der Waals surface area contributed by atoms with Crippen molar-refractivity contribution < 1.29 is 23.1 Å². The highest BCUT2D eigenvalue weighted by Gasteiger charge is 2.27. The van der Waals surface area contributed by atoms with Crippen molar-refractivity contribution in [3.63, 3.8) is 0 Å². The van der Waals surface area contributed by atoms with Crippen molar-refractivity contribution in [3.05, 3.63) is 36.2 Å². The fourth-order valence-corrected chi connectivity index (χ4v) is 5.89. The van der Waals surface area contributed by atoms with E-state index in [-0.39, 0.29) is 17.8 Å². The average molecular weight is 461 g/mol. The quantitative estimate of drug-likeness (QED) is 0.700. The molecule has 0 radical (unpaired) electrons. The molecule has 3 heterocycles. The van der Waals surface area contributed by atoms with Gasteiger partial charge in [-0.2, -0.15) is 0 Å². The monoisotopic (exact) mass is 460 g/mol. The molecule has 0 atom stereocenters. The molecule has 4 rings (SSSR count). The van der Waals surface area contributed by atoms with Gasteiger partial charge in [0.2, 0.25) is 5.88 Å². The standard InChI is InChI=1S/C22H28N4O5S/c1-15(2)13-32(29,30)18-3-4-19-16(11-18)5-10-26(19)20-12-21(24-14-23-20)31-17-6-8-25(9-7-17)22(27)28/h3-4,11-12,14-15,17H,5-10,13H2,1-2H3,(H,27,28). The second-order valence-electron chi connectivity index (χ2n) is 8.67. The highest BCUT2D eigenvalue weighted by Crippen LogP contribution is 2.36. The van der Waals surface area contributed by atoms with Crippen LogP contribution in [0.5, 0.6) is 5.88 Å². The van der Waals surface area contributed by atoms with Gasteiger partial charge in [-0.3, -0.25) is 0 Å². The number of sulfone groups is 1. The van der Waals surface area contributed by atoms with Crippen LogP contribution in [0.15, 0.2) is 35.5 Å². The topological polar surface area (TPSA) is 113 Å². The fourth-order valence-electron chi connectivity index (χ4n) is 4.22. The number of rotatable bonds is 6. The predicted octanol–water partition coefficient (Wildman–Crippen LogP) is 3.12. The molecular weight excluding hydrogens is 432 g/mol. The first-order valence-corrected chi connectivity index (χ1v) is 12.5. The Labute approximate surface area is 188 Å². The number of fused-ring (bicyclic) bond motifs is 1. The Morgan fingerprint density at radius 1 is 1.19 bits per heavy atom. The van der Waals surface area contributed by atoms with Gasteiger partial charge in [-0.1, -0.05) is 13.8 Å². The van der Waals surface area contributed by atoms with Gasteiger partial charge >= 0.3 is 6.09 Å². The Morgan fingerprint density at radius 2 is 1.94 bits per heavy atom. The highest BCUT2D eigenvalue weighted by atomic mass is 32.2. The van der Waals surface area contributed by atoms with Crippen LogP contribution in [0.3, 0.4) is 0 Å². The molecule has 1 fully saturated rings. The molecule has 0 bridgehead atoms. The number of nitrogens with zero attached hydrogens (tertiary/aromatic N) is 4. The van der Waals surface area contributed by atoms with E-state index in [4.69, 9.17) is 9.84 Å². The van der Waals surface area contributed by atoms with Crippen molar-refractivity contribution in [1.29, 1.82) is 0 Å². The molecule has 1 amide bonds. The molecule has 10 heteroatoms. The zero-order valence-electron chi connectivity index (χ0n) is 18.3. The van der Waals surface area contributed by atoms with Crippen LogP contribution in [0.4, 0.5) is 16.3 Å².